The Bertz CT molecular complexity index is 420. The predicted octanol–water partition coefficient (Wildman–Crippen LogP) is 2.03. The van der Waals surface area contributed by atoms with E-state index in [0.717, 1.165) is 51.6 Å². The van der Waals surface area contributed by atoms with Crippen LogP contribution in [0.2, 0.25) is 0 Å². The van der Waals surface area contributed by atoms with E-state index in [1.165, 1.54) is 0 Å². The zero-order valence-corrected chi connectivity index (χ0v) is 14.7. The Morgan fingerprint density at radius 1 is 1.17 bits per heavy atom. The summed E-state index contributed by atoms with van der Waals surface area (Å²) in [6, 6.07) is 0.201. The molecule has 23 heavy (non-hydrogen) atoms. The number of amides is 2. The molecule has 2 unspecified atom stereocenters. The molecular formula is C17H31N3O3. The maximum Gasteiger partial charge on any atom is 0.410 e. The number of carbonyl (C=O) groups is 2. The molecule has 0 aliphatic carbocycles. The Balaban J connectivity index is 1.83. The number of likely N-dealkylation sites (tertiary alicyclic amines) is 1. The molecule has 0 spiro atoms. The van der Waals surface area contributed by atoms with Crippen molar-refractivity contribution < 1.29 is 14.3 Å². The normalized spacial score (nSPS) is 26.9. The molecular weight excluding hydrogens is 294 g/mol. The van der Waals surface area contributed by atoms with Crippen molar-refractivity contribution in [2.75, 3.05) is 19.6 Å². The van der Waals surface area contributed by atoms with Crippen LogP contribution in [0.3, 0.4) is 0 Å². The second kappa shape index (κ2) is 7.99. The third-order valence-electron chi connectivity index (χ3n) is 4.35. The number of rotatable bonds is 2. The molecule has 2 aliphatic heterocycles. The lowest BCUT2D eigenvalue weighted by Crippen LogP contribution is -2.47. The van der Waals surface area contributed by atoms with Gasteiger partial charge in [-0.25, -0.2) is 4.79 Å². The van der Waals surface area contributed by atoms with Gasteiger partial charge in [-0.05, 0) is 59.3 Å². The highest BCUT2D eigenvalue weighted by atomic mass is 16.6. The van der Waals surface area contributed by atoms with Gasteiger partial charge < -0.3 is 20.3 Å². The predicted molar refractivity (Wildman–Crippen MR) is 89.2 cm³/mol. The minimum atomic E-state index is -0.459. The molecule has 2 atom stereocenters. The first-order valence-electron chi connectivity index (χ1n) is 8.87. The summed E-state index contributed by atoms with van der Waals surface area (Å²) in [6.45, 7) is 7.85. The molecule has 2 N–H and O–H groups in total. The third kappa shape index (κ3) is 6.01. The van der Waals surface area contributed by atoms with E-state index in [1.54, 1.807) is 4.90 Å². The molecule has 0 aromatic carbocycles. The minimum Gasteiger partial charge on any atom is -0.444 e. The van der Waals surface area contributed by atoms with Crippen molar-refractivity contribution in [3.63, 3.8) is 0 Å². The summed E-state index contributed by atoms with van der Waals surface area (Å²) in [5, 5.41) is 6.47. The number of ether oxygens (including phenoxy) is 1. The van der Waals surface area contributed by atoms with Crippen LogP contribution in [-0.4, -0.2) is 54.2 Å². The maximum atomic E-state index is 12.2. The van der Waals surface area contributed by atoms with Gasteiger partial charge in [0.15, 0.2) is 0 Å². The van der Waals surface area contributed by atoms with Gasteiger partial charge in [0.2, 0.25) is 5.91 Å². The van der Waals surface area contributed by atoms with Gasteiger partial charge >= 0.3 is 6.09 Å². The monoisotopic (exact) mass is 325 g/mol. The van der Waals surface area contributed by atoms with Crippen molar-refractivity contribution >= 4 is 12.0 Å². The highest BCUT2D eigenvalue weighted by molar-refractivity contribution is 5.81. The van der Waals surface area contributed by atoms with E-state index >= 15 is 0 Å². The fourth-order valence-corrected chi connectivity index (χ4v) is 3.15. The summed E-state index contributed by atoms with van der Waals surface area (Å²) in [6.07, 6.45) is 5.59. The molecule has 132 valence electrons. The molecule has 2 heterocycles. The molecule has 6 heteroatoms. The van der Waals surface area contributed by atoms with Crippen molar-refractivity contribution in [3.05, 3.63) is 0 Å². The average molecular weight is 325 g/mol. The Hall–Kier alpha value is -1.30. The Morgan fingerprint density at radius 3 is 2.70 bits per heavy atom. The van der Waals surface area contributed by atoms with Gasteiger partial charge in [0, 0.05) is 25.7 Å². The topological polar surface area (TPSA) is 70.7 Å². The molecule has 0 bridgehead atoms. The number of carbonyl (C=O) groups excluding carboxylic acids is 2. The van der Waals surface area contributed by atoms with E-state index in [0.29, 0.717) is 6.54 Å². The summed E-state index contributed by atoms with van der Waals surface area (Å²) < 4.78 is 5.45. The average Bonchev–Trinajstić information content (AvgIpc) is 2.79. The Labute approximate surface area is 139 Å². The summed E-state index contributed by atoms with van der Waals surface area (Å²) in [5.41, 5.74) is -0.459. The zero-order valence-electron chi connectivity index (χ0n) is 14.7. The summed E-state index contributed by atoms with van der Waals surface area (Å²) in [7, 11) is 0. The lowest BCUT2D eigenvalue weighted by molar-refractivity contribution is -0.123. The Morgan fingerprint density at radius 2 is 1.96 bits per heavy atom. The molecule has 6 nitrogen and oxygen atoms in total. The lowest BCUT2D eigenvalue weighted by atomic mass is 10.1. The van der Waals surface area contributed by atoms with Crippen LogP contribution in [0.1, 0.15) is 59.3 Å². The van der Waals surface area contributed by atoms with Gasteiger partial charge in [-0.15, -0.1) is 0 Å². The van der Waals surface area contributed by atoms with E-state index in [9.17, 15) is 9.59 Å². The van der Waals surface area contributed by atoms with Crippen molar-refractivity contribution in [2.24, 2.45) is 0 Å². The molecule has 2 rings (SSSR count). The van der Waals surface area contributed by atoms with Gasteiger partial charge in [0.25, 0.3) is 0 Å². The molecule has 2 fully saturated rings. The van der Waals surface area contributed by atoms with Gasteiger partial charge in [-0.3, -0.25) is 4.79 Å². The van der Waals surface area contributed by atoms with Crippen LogP contribution in [0, 0.1) is 0 Å². The zero-order chi connectivity index (χ0) is 16.9. The maximum absolute atomic E-state index is 12.2. The molecule has 2 amide bonds. The number of nitrogens with zero attached hydrogens (tertiary/aromatic N) is 1. The van der Waals surface area contributed by atoms with Gasteiger partial charge in [-0.2, -0.15) is 0 Å². The lowest BCUT2D eigenvalue weighted by Gasteiger charge is -2.26. The summed E-state index contributed by atoms with van der Waals surface area (Å²) in [5.74, 6) is 0.121. The molecule has 0 saturated carbocycles. The van der Waals surface area contributed by atoms with Crippen LogP contribution in [-0.2, 0) is 9.53 Å². The first kappa shape index (κ1) is 18.0. The largest absolute Gasteiger partial charge is 0.444 e. The fraction of sp³-hybridized carbons (Fsp3) is 0.882. The van der Waals surface area contributed by atoms with Crippen LogP contribution in [0.25, 0.3) is 0 Å². The van der Waals surface area contributed by atoms with Gasteiger partial charge in [0.1, 0.15) is 5.60 Å². The standard InChI is InChI=1S/C17H31N3O3/c1-17(2,3)23-16(22)20-11-6-7-13(9-12-20)19-14-8-4-5-10-18-15(14)21/h13-14,19H,4-12H2,1-3H3,(H,18,21). The highest BCUT2D eigenvalue weighted by Crippen LogP contribution is 2.17. The number of hydrogen-bond acceptors (Lipinski definition) is 4. The third-order valence-corrected chi connectivity index (χ3v) is 4.35. The highest BCUT2D eigenvalue weighted by Gasteiger charge is 2.28. The molecule has 0 aromatic heterocycles. The molecule has 0 aromatic rings. The van der Waals surface area contributed by atoms with Crippen LogP contribution in [0.4, 0.5) is 4.79 Å². The summed E-state index contributed by atoms with van der Waals surface area (Å²) in [4.78, 5) is 26.0. The molecule has 2 saturated heterocycles. The first-order valence-corrected chi connectivity index (χ1v) is 8.87. The number of nitrogens with one attached hydrogen (secondary N) is 2. The van der Waals surface area contributed by atoms with E-state index in [-0.39, 0.29) is 24.1 Å². The van der Waals surface area contributed by atoms with E-state index < -0.39 is 5.60 Å². The van der Waals surface area contributed by atoms with Crippen molar-refractivity contribution in [2.45, 2.75) is 77.0 Å². The SMILES string of the molecule is CC(C)(C)OC(=O)N1CCCC(NC2CCCCNC2=O)CC1. The quantitative estimate of drug-likeness (QED) is 0.815. The molecule has 2 aliphatic rings. The smallest absolute Gasteiger partial charge is 0.410 e. The van der Waals surface area contributed by atoms with Crippen LogP contribution < -0.4 is 10.6 Å². The minimum absolute atomic E-state index is 0.0874. The van der Waals surface area contributed by atoms with Crippen LogP contribution >= 0.6 is 0 Å². The fourth-order valence-electron chi connectivity index (χ4n) is 3.15. The second-order valence-electron chi connectivity index (χ2n) is 7.60. The van der Waals surface area contributed by atoms with Crippen LogP contribution in [0.15, 0.2) is 0 Å². The van der Waals surface area contributed by atoms with E-state index in [1.807, 2.05) is 20.8 Å². The van der Waals surface area contributed by atoms with Gasteiger partial charge in [0.05, 0.1) is 6.04 Å². The summed E-state index contributed by atoms with van der Waals surface area (Å²) >= 11 is 0. The number of hydrogen-bond donors (Lipinski definition) is 2. The Kier molecular flexibility index (Phi) is 6.27. The van der Waals surface area contributed by atoms with E-state index in [4.69, 9.17) is 4.74 Å². The molecule has 0 radical (unpaired) electrons. The van der Waals surface area contributed by atoms with Crippen molar-refractivity contribution in [1.29, 1.82) is 0 Å². The first-order chi connectivity index (χ1) is 10.8. The van der Waals surface area contributed by atoms with E-state index in [2.05, 4.69) is 10.6 Å². The second-order valence-corrected chi connectivity index (χ2v) is 7.60. The van der Waals surface area contributed by atoms with Crippen molar-refractivity contribution in [1.82, 2.24) is 15.5 Å². The van der Waals surface area contributed by atoms with Crippen LogP contribution in [0.5, 0.6) is 0 Å². The van der Waals surface area contributed by atoms with Gasteiger partial charge in [-0.1, -0.05) is 0 Å². The van der Waals surface area contributed by atoms with Crippen molar-refractivity contribution in [3.8, 4) is 0 Å².